The van der Waals surface area contributed by atoms with E-state index < -0.39 is 0 Å². The summed E-state index contributed by atoms with van der Waals surface area (Å²) in [5.74, 6) is 0.561. The fraction of sp³-hybridized carbons (Fsp3) is 0.800. The van der Waals surface area contributed by atoms with Crippen molar-refractivity contribution in [3.05, 3.63) is 18.0 Å². The van der Waals surface area contributed by atoms with Gasteiger partial charge in [-0.25, -0.2) is 0 Å². The lowest BCUT2D eigenvalue weighted by Gasteiger charge is -2.26. The number of rotatable bonds is 7. The average molecular weight is 265 g/mol. The molecule has 0 spiro atoms. The number of ether oxygens (including phenoxy) is 1. The third-order valence-corrected chi connectivity index (χ3v) is 3.94. The zero-order valence-electron chi connectivity index (χ0n) is 12.4. The van der Waals surface area contributed by atoms with Gasteiger partial charge < -0.3 is 10.1 Å². The lowest BCUT2D eigenvalue weighted by Crippen LogP contribution is -2.32. The number of hydrogen-bond donors (Lipinski definition) is 1. The highest BCUT2D eigenvalue weighted by molar-refractivity contribution is 5.13. The second-order valence-electron chi connectivity index (χ2n) is 5.50. The summed E-state index contributed by atoms with van der Waals surface area (Å²) in [4.78, 5) is 0. The first-order valence-corrected chi connectivity index (χ1v) is 7.63. The first kappa shape index (κ1) is 14.5. The van der Waals surface area contributed by atoms with Gasteiger partial charge in [0.05, 0.1) is 12.3 Å². The topological polar surface area (TPSA) is 39.1 Å². The molecule has 1 aliphatic rings. The third kappa shape index (κ3) is 3.57. The predicted octanol–water partition coefficient (Wildman–Crippen LogP) is 2.76. The number of hydrogen-bond acceptors (Lipinski definition) is 3. The third-order valence-electron chi connectivity index (χ3n) is 3.94. The van der Waals surface area contributed by atoms with Crippen LogP contribution in [0.15, 0.2) is 12.4 Å². The minimum absolute atomic E-state index is 0.337. The molecular formula is C15H27N3O. The fourth-order valence-electron chi connectivity index (χ4n) is 2.89. The number of nitrogens with zero attached hydrogens (tertiary/aromatic N) is 2. The van der Waals surface area contributed by atoms with E-state index in [1.165, 1.54) is 5.56 Å². The van der Waals surface area contributed by atoms with E-state index in [-0.39, 0.29) is 0 Å². The Morgan fingerprint density at radius 3 is 2.95 bits per heavy atom. The molecule has 4 nitrogen and oxygen atoms in total. The molecule has 2 heterocycles. The zero-order valence-corrected chi connectivity index (χ0v) is 12.4. The quantitative estimate of drug-likeness (QED) is 0.824. The van der Waals surface area contributed by atoms with Gasteiger partial charge in [0.15, 0.2) is 0 Å². The first-order valence-electron chi connectivity index (χ1n) is 7.63. The molecular weight excluding hydrogens is 238 g/mol. The van der Waals surface area contributed by atoms with Crippen LogP contribution in [0.3, 0.4) is 0 Å². The Labute approximate surface area is 116 Å². The van der Waals surface area contributed by atoms with Crippen LogP contribution in [0, 0.1) is 5.92 Å². The average Bonchev–Trinajstić information content (AvgIpc) is 3.01. The Kier molecular flexibility index (Phi) is 5.40. The molecule has 0 amide bonds. The van der Waals surface area contributed by atoms with Gasteiger partial charge in [0.1, 0.15) is 0 Å². The van der Waals surface area contributed by atoms with Gasteiger partial charge in [-0.3, -0.25) is 4.68 Å². The molecule has 3 unspecified atom stereocenters. The van der Waals surface area contributed by atoms with Gasteiger partial charge in [-0.2, -0.15) is 5.10 Å². The highest BCUT2D eigenvalue weighted by atomic mass is 16.5. The highest BCUT2D eigenvalue weighted by Crippen LogP contribution is 2.33. The van der Waals surface area contributed by atoms with E-state index in [1.54, 1.807) is 0 Å². The Morgan fingerprint density at radius 1 is 1.47 bits per heavy atom. The van der Waals surface area contributed by atoms with E-state index in [9.17, 15) is 0 Å². The van der Waals surface area contributed by atoms with Gasteiger partial charge >= 0.3 is 0 Å². The molecule has 1 aromatic rings. The number of aryl methyl sites for hydroxylation is 1. The normalized spacial score (nSPS) is 24.8. The van der Waals surface area contributed by atoms with Crippen molar-refractivity contribution in [1.82, 2.24) is 15.1 Å². The molecule has 1 aliphatic heterocycles. The smallest absolute Gasteiger partial charge is 0.0594 e. The van der Waals surface area contributed by atoms with Crippen molar-refractivity contribution in [2.75, 3.05) is 13.2 Å². The van der Waals surface area contributed by atoms with Gasteiger partial charge in [0.2, 0.25) is 0 Å². The van der Waals surface area contributed by atoms with Gasteiger partial charge in [-0.1, -0.05) is 13.8 Å². The van der Waals surface area contributed by atoms with Crippen LogP contribution in [0.25, 0.3) is 0 Å². The molecule has 1 saturated heterocycles. The standard InChI is InChI=1S/C15H27N3O/c1-4-7-16-15(14-6-9-19-12(14)3)13-10-17-18(11-13)8-5-2/h10-12,14-16H,4-9H2,1-3H3. The van der Waals surface area contributed by atoms with Gasteiger partial charge in [0.25, 0.3) is 0 Å². The van der Waals surface area contributed by atoms with Crippen molar-refractivity contribution in [1.29, 1.82) is 0 Å². The summed E-state index contributed by atoms with van der Waals surface area (Å²) in [7, 11) is 0. The molecule has 0 aromatic carbocycles. The summed E-state index contributed by atoms with van der Waals surface area (Å²) in [6.07, 6.45) is 7.97. The summed E-state index contributed by atoms with van der Waals surface area (Å²) in [5, 5.41) is 8.15. The van der Waals surface area contributed by atoms with Crippen molar-refractivity contribution in [2.24, 2.45) is 5.92 Å². The summed E-state index contributed by atoms with van der Waals surface area (Å²) >= 11 is 0. The van der Waals surface area contributed by atoms with E-state index in [0.29, 0.717) is 18.1 Å². The summed E-state index contributed by atoms with van der Waals surface area (Å²) in [6, 6.07) is 0.378. The maximum atomic E-state index is 5.73. The number of aromatic nitrogens is 2. The molecule has 1 N–H and O–H groups in total. The van der Waals surface area contributed by atoms with Crippen molar-refractivity contribution >= 4 is 0 Å². The van der Waals surface area contributed by atoms with Gasteiger partial charge in [0, 0.05) is 36.9 Å². The summed E-state index contributed by atoms with van der Waals surface area (Å²) in [5.41, 5.74) is 1.31. The molecule has 1 fully saturated rings. The molecule has 0 bridgehead atoms. The van der Waals surface area contributed by atoms with Crippen LogP contribution in [-0.4, -0.2) is 29.0 Å². The minimum Gasteiger partial charge on any atom is -0.378 e. The molecule has 0 aliphatic carbocycles. The van der Waals surface area contributed by atoms with Crippen molar-refractivity contribution in [2.45, 2.75) is 58.7 Å². The van der Waals surface area contributed by atoms with Gasteiger partial charge in [-0.15, -0.1) is 0 Å². The highest BCUT2D eigenvalue weighted by Gasteiger charge is 2.33. The maximum Gasteiger partial charge on any atom is 0.0594 e. The molecule has 4 heteroatoms. The summed E-state index contributed by atoms with van der Waals surface area (Å²) in [6.45, 7) is 9.51. The van der Waals surface area contributed by atoms with Crippen molar-refractivity contribution in [3.8, 4) is 0 Å². The van der Waals surface area contributed by atoms with Crippen molar-refractivity contribution < 1.29 is 4.74 Å². The van der Waals surface area contributed by atoms with E-state index in [0.717, 1.165) is 39.0 Å². The molecule has 2 rings (SSSR count). The SMILES string of the molecule is CCCNC(c1cnn(CCC)c1)C1CCOC1C. The van der Waals surface area contributed by atoms with Crippen LogP contribution < -0.4 is 5.32 Å². The predicted molar refractivity (Wildman–Crippen MR) is 77.1 cm³/mol. The Hall–Kier alpha value is -0.870. The Morgan fingerprint density at radius 2 is 2.32 bits per heavy atom. The first-order chi connectivity index (χ1) is 9.26. The van der Waals surface area contributed by atoms with Crippen LogP contribution in [0.5, 0.6) is 0 Å². The Bertz CT molecular complexity index is 377. The van der Waals surface area contributed by atoms with Crippen LogP contribution >= 0.6 is 0 Å². The van der Waals surface area contributed by atoms with E-state index in [1.807, 2.05) is 6.20 Å². The molecule has 1 aromatic heterocycles. The lowest BCUT2D eigenvalue weighted by molar-refractivity contribution is 0.0953. The van der Waals surface area contributed by atoms with Crippen LogP contribution in [0.1, 0.15) is 51.6 Å². The fourth-order valence-corrected chi connectivity index (χ4v) is 2.89. The zero-order chi connectivity index (χ0) is 13.7. The molecule has 19 heavy (non-hydrogen) atoms. The monoisotopic (exact) mass is 265 g/mol. The summed E-state index contributed by atoms with van der Waals surface area (Å²) < 4.78 is 7.79. The van der Waals surface area contributed by atoms with Crippen LogP contribution in [0.2, 0.25) is 0 Å². The van der Waals surface area contributed by atoms with E-state index in [4.69, 9.17) is 4.74 Å². The molecule has 3 atom stereocenters. The molecule has 0 saturated carbocycles. The van der Waals surface area contributed by atoms with E-state index >= 15 is 0 Å². The maximum absolute atomic E-state index is 5.73. The molecule has 108 valence electrons. The largest absolute Gasteiger partial charge is 0.378 e. The van der Waals surface area contributed by atoms with Crippen LogP contribution in [-0.2, 0) is 11.3 Å². The van der Waals surface area contributed by atoms with Gasteiger partial charge in [-0.05, 0) is 32.7 Å². The Balaban J connectivity index is 2.10. The lowest BCUT2D eigenvalue weighted by atomic mass is 9.89. The number of nitrogens with one attached hydrogen (secondary N) is 1. The minimum atomic E-state index is 0.337. The second kappa shape index (κ2) is 7.06. The molecule has 0 radical (unpaired) electrons. The van der Waals surface area contributed by atoms with E-state index in [2.05, 4.69) is 42.1 Å². The van der Waals surface area contributed by atoms with Crippen molar-refractivity contribution in [3.63, 3.8) is 0 Å². The van der Waals surface area contributed by atoms with Crippen LogP contribution in [0.4, 0.5) is 0 Å². The second-order valence-corrected chi connectivity index (χ2v) is 5.50.